The molecule has 4 aromatic carbocycles. The Morgan fingerprint density at radius 2 is 1.33 bits per heavy atom. The summed E-state index contributed by atoms with van der Waals surface area (Å²) >= 11 is 0. The number of carbonyl (C=O) groups excluding carboxylic acids is 2. The molecule has 33 heavy (non-hydrogen) atoms. The molecule has 4 aromatic rings. The molecule has 4 rings (SSSR count). The number of amides is 2. The van der Waals surface area contributed by atoms with Crippen LogP contribution in [0.4, 0.5) is 16.2 Å². The van der Waals surface area contributed by atoms with Crippen LogP contribution in [-0.4, -0.2) is 19.1 Å². The highest BCUT2D eigenvalue weighted by atomic mass is 16.5. The van der Waals surface area contributed by atoms with Gasteiger partial charge in [0.2, 0.25) is 5.91 Å². The van der Waals surface area contributed by atoms with Crippen LogP contribution in [0.25, 0.3) is 21.5 Å². The lowest BCUT2D eigenvalue weighted by Gasteiger charge is -2.17. The first kappa shape index (κ1) is 22.3. The standard InChI is InChI=1S/C27H26N2O4/c1-17-12-13-19(28-18(2)30)14-26(17)29-27(31)33-16-25-22-10-6-4-8-20(22)24(15-32-3)21-9-5-7-11-23(21)25/h4-14H,15-16H2,1-3H3,(H,28,30)(H,29,31). The van der Waals surface area contributed by atoms with Crippen molar-refractivity contribution in [2.75, 3.05) is 17.7 Å². The molecule has 0 unspecified atom stereocenters. The van der Waals surface area contributed by atoms with E-state index in [1.807, 2.05) is 49.4 Å². The number of carbonyl (C=O) groups is 2. The van der Waals surface area contributed by atoms with Gasteiger partial charge in [0, 0.05) is 31.0 Å². The van der Waals surface area contributed by atoms with Crippen molar-refractivity contribution in [1.82, 2.24) is 0 Å². The summed E-state index contributed by atoms with van der Waals surface area (Å²) in [6.07, 6.45) is -0.563. The molecular formula is C27H26N2O4. The molecule has 6 nitrogen and oxygen atoms in total. The van der Waals surface area contributed by atoms with Gasteiger partial charge in [-0.3, -0.25) is 10.1 Å². The van der Waals surface area contributed by atoms with Gasteiger partial charge in [-0.1, -0.05) is 54.6 Å². The first-order valence-electron chi connectivity index (χ1n) is 10.7. The lowest BCUT2D eigenvalue weighted by molar-refractivity contribution is -0.114. The summed E-state index contributed by atoms with van der Waals surface area (Å²) in [6, 6.07) is 21.5. The second-order valence-electron chi connectivity index (χ2n) is 7.89. The predicted octanol–water partition coefficient (Wildman–Crippen LogP) is 6.15. The molecule has 0 atom stereocenters. The number of benzene rings is 4. The first-order chi connectivity index (χ1) is 16.0. The third-order valence-corrected chi connectivity index (χ3v) is 5.59. The largest absolute Gasteiger partial charge is 0.444 e. The van der Waals surface area contributed by atoms with Crippen LogP contribution in [0.2, 0.25) is 0 Å². The van der Waals surface area contributed by atoms with Gasteiger partial charge in [0.15, 0.2) is 0 Å². The fourth-order valence-corrected chi connectivity index (χ4v) is 4.09. The average Bonchev–Trinajstić information content (AvgIpc) is 2.80. The number of hydrogen-bond donors (Lipinski definition) is 2. The number of anilines is 2. The summed E-state index contributed by atoms with van der Waals surface area (Å²) in [5, 5.41) is 9.72. The van der Waals surface area contributed by atoms with E-state index < -0.39 is 6.09 Å². The van der Waals surface area contributed by atoms with E-state index in [2.05, 4.69) is 22.8 Å². The van der Waals surface area contributed by atoms with Crippen LogP contribution < -0.4 is 10.6 Å². The highest BCUT2D eigenvalue weighted by molar-refractivity contribution is 6.05. The van der Waals surface area contributed by atoms with Gasteiger partial charge in [-0.2, -0.15) is 0 Å². The molecule has 0 aliphatic heterocycles. The SMILES string of the molecule is COCc1c2ccccc2c(COC(=O)Nc2cc(NC(C)=O)ccc2C)c2ccccc12. The smallest absolute Gasteiger partial charge is 0.411 e. The maximum absolute atomic E-state index is 12.7. The Hall–Kier alpha value is -3.90. The Balaban J connectivity index is 1.63. The van der Waals surface area contributed by atoms with Crippen molar-refractivity contribution in [3.8, 4) is 0 Å². The van der Waals surface area contributed by atoms with Crippen molar-refractivity contribution in [1.29, 1.82) is 0 Å². The Bertz CT molecular complexity index is 1290. The second-order valence-corrected chi connectivity index (χ2v) is 7.89. The number of ether oxygens (including phenoxy) is 2. The van der Waals surface area contributed by atoms with Gasteiger partial charge in [0.1, 0.15) is 6.61 Å². The fourth-order valence-electron chi connectivity index (χ4n) is 4.09. The third kappa shape index (κ3) is 4.81. The number of fused-ring (bicyclic) bond motifs is 2. The Labute approximate surface area is 192 Å². The van der Waals surface area contributed by atoms with Crippen molar-refractivity contribution in [2.24, 2.45) is 0 Å². The second kappa shape index (κ2) is 9.71. The quantitative estimate of drug-likeness (QED) is 0.351. The van der Waals surface area contributed by atoms with Crippen molar-refractivity contribution < 1.29 is 19.1 Å². The minimum absolute atomic E-state index is 0.116. The molecule has 2 N–H and O–H groups in total. The molecule has 2 amide bonds. The molecule has 0 aliphatic rings. The highest BCUT2D eigenvalue weighted by Gasteiger charge is 2.15. The molecule has 168 valence electrons. The van der Waals surface area contributed by atoms with Crippen LogP contribution in [0.5, 0.6) is 0 Å². The van der Waals surface area contributed by atoms with Gasteiger partial charge in [0.05, 0.1) is 6.61 Å². The van der Waals surface area contributed by atoms with E-state index in [9.17, 15) is 9.59 Å². The van der Waals surface area contributed by atoms with E-state index in [1.165, 1.54) is 6.92 Å². The van der Waals surface area contributed by atoms with Crippen molar-refractivity contribution in [3.05, 3.63) is 83.4 Å². The van der Waals surface area contributed by atoms with E-state index in [0.29, 0.717) is 18.0 Å². The van der Waals surface area contributed by atoms with Gasteiger partial charge in [-0.15, -0.1) is 0 Å². The van der Waals surface area contributed by atoms with Crippen LogP contribution in [-0.2, 0) is 27.5 Å². The molecule has 0 aliphatic carbocycles. The number of rotatable bonds is 6. The normalized spacial score (nSPS) is 10.9. The van der Waals surface area contributed by atoms with Gasteiger partial charge >= 0.3 is 6.09 Å². The Morgan fingerprint density at radius 1 is 0.788 bits per heavy atom. The summed E-state index contributed by atoms with van der Waals surface area (Å²) in [5.41, 5.74) is 4.11. The van der Waals surface area contributed by atoms with Crippen LogP contribution >= 0.6 is 0 Å². The molecule has 6 heteroatoms. The molecular weight excluding hydrogens is 416 g/mol. The number of hydrogen-bond acceptors (Lipinski definition) is 4. The minimum Gasteiger partial charge on any atom is -0.444 e. The molecule has 0 saturated heterocycles. The number of nitrogens with one attached hydrogen (secondary N) is 2. The van der Waals surface area contributed by atoms with Crippen LogP contribution in [0, 0.1) is 6.92 Å². The summed E-state index contributed by atoms with van der Waals surface area (Å²) in [4.78, 5) is 24.0. The molecule has 0 spiro atoms. The van der Waals surface area contributed by atoms with E-state index in [1.54, 1.807) is 19.2 Å². The lowest BCUT2D eigenvalue weighted by atomic mass is 9.92. The van der Waals surface area contributed by atoms with Gasteiger partial charge in [-0.25, -0.2) is 4.79 Å². The molecule has 0 bridgehead atoms. The summed E-state index contributed by atoms with van der Waals surface area (Å²) in [6.45, 7) is 3.92. The van der Waals surface area contributed by atoms with Crippen molar-refractivity contribution in [3.63, 3.8) is 0 Å². The average molecular weight is 443 g/mol. The van der Waals surface area contributed by atoms with Gasteiger partial charge < -0.3 is 14.8 Å². The molecule has 0 fully saturated rings. The molecule has 0 saturated carbocycles. The topological polar surface area (TPSA) is 76.7 Å². The zero-order valence-corrected chi connectivity index (χ0v) is 18.9. The van der Waals surface area contributed by atoms with Crippen LogP contribution in [0.1, 0.15) is 23.6 Å². The summed E-state index contributed by atoms with van der Waals surface area (Å²) in [7, 11) is 1.69. The minimum atomic E-state index is -0.563. The Kier molecular flexibility index (Phi) is 6.56. The third-order valence-electron chi connectivity index (χ3n) is 5.59. The maximum Gasteiger partial charge on any atom is 0.411 e. The van der Waals surface area contributed by atoms with E-state index in [-0.39, 0.29) is 12.5 Å². The van der Waals surface area contributed by atoms with Crippen molar-refractivity contribution >= 4 is 44.9 Å². The zero-order valence-electron chi connectivity index (χ0n) is 18.9. The molecule has 0 aromatic heterocycles. The Morgan fingerprint density at radius 3 is 1.85 bits per heavy atom. The van der Waals surface area contributed by atoms with Gasteiger partial charge in [0.25, 0.3) is 0 Å². The first-order valence-corrected chi connectivity index (χ1v) is 10.7. The molecule has 0 radical (unpaired) electrons. The number of methoxy groups -OCH3 is 1. The van der Waals surface area contributed by atoms with E-state index in [4.69, 9.17) is 9.47 Å². The monoisotopic (exact) mass is 442 g/mol. The van der Waals surface area contributed by atoms with Crippen molar-refractivity contribution in [2.45, 2.75) is 27.1 Å². The number of aryl methyl sites for hydroxylation is 1. The summed E-state index contributed by atoms with van der Waals surface area (Å²) < 4.78 is 11.1. The van der Waals surface area contributed by atoms with Crippen LogP contribution in [0.15, 0.2) is 66.7 Å². The van der Waals surface area contributed by atoms with E-state index >= 15 is 0 Å². The van der Waals surface area contributed by atoms with Crippen LogP contribution in [0.3, 0.4) is 0 Å². The molecule has 0 heterocycles. The van der Waals surface area contributed by atoms with Gasteiger partial charge in [-0.05, 0) is 51.7 Å². The summed E-state index contributed by atoms with van der Waals surface area (Å²) in [5.74, 6) is -0.178. The predicted molar refractivity (Wildman–Crippen MR) is 131 cm³/mol. The highest BCUT2D eigenvalue weighted by Crippen LogP contribution is 2.34. The maximum atomic E-state index is 12.7. The lowest BCUT2D eigenvalue weighted by Crippen LogP contribution is -2.15. The van der Waals surface area contributed by atoms with E-state index in [0.717, 1.165) is 38.2 Å². The zero-order chi connectivity index (χ0) is 23.4. The fraction of sp³-hybridized carbons (Fsp3) is 0.185.